The van der Waals surface area contributed by atoms with Crippen LogP contribution in [0.1, 0.15) is 19.8 Å². The van der Waals surface area contributed by atoms with Gasteiger partial charge in [0.05, 0.1) is 6.26 Å². The second-order valence-electron chi connectivity index (χ2n) is 2.87. The Morgan fingerprint density at radius 2 is 2.08 bits per heavy atom. The molecule has 0 fully saturated rings. The molecule has 0 amide bonds. The first-order chi connectivity index (χ1) is 5.49. The maximum Gasteiger partial charge on any atom is 0.208 e. The number of rotatable bonds is 6. The van der Waals surface area contributed by atoms with Gasteiger partial charge < -0.3 is 0 Å². The van der Waals surface area contributed by atoms with Crippen molar-refractivity contribution in [3.63, 3.8) is 0 Å². The van der Waals surface area contributed by atoms with Crippen molar-refractivity contribution < 1.29 is 8.42 Å². The lowest BCUT2D eigenvalue weighted by atomic mass is 10.0. The highest BCUT2D eigenvalue weighted by Gasteiger charge is 2.08. The molecule has 0 heterocycles. The van der Waals surface area contributed by atoms with E-state index in [9.17, 15) is 8.42 Å². The summed E-state index contributed by atoms with van der Waals surface area (Å²) in [5, 5.41) is 0.928. The van der Waals surface area contributed by atoms with E-state index in [-0.39, 0.29) is 0 Å². The van der Waals surface area contributed by atoms with Gasteiger partial charge in [-0.15, -0.1) is 0 Å². The van der Waals surface area contributed by atoms with Crippen molar-refractivity contribution in [1.29, 1.82) is 0 Å². The van der Waals surface area contributed by atoms with Crippen LogP contribution in [0.5, 0.6) is 0 Å². The highest BCUT2D eigenvalue weighted by atomic mass is 79.9. The molecule has 3 nitrogen and oxygen atoms in total. The number of hydrogen-bond donors (Lipinski definition) is 1. The van der Waals surface area contributed by atoms with Crippen molar-refractivity contribution in [2.45, 2.75) is 19.8 Å². The molecule has 0 aliphatic carbocycles. The monoisotopic (exact) mass is 257 g/mol. The van der Waals surface area contributed by atoms with Gasteiger partial charge in [0.15, 0.2) is 0 Å². The van der Waals surface area contributed by atoms with Crippen molar-refractivity contribution in [1.82, 2.24) is 4.72 Å². The molecule has 0 aromatic rings. The van der Waals surface area contributed by atoms with E-state index in [0.717, 1.165) is 18.2 Å². The Hall–Kier alpha value is 0.390. The summed E-state index contributed by atoms with van der Waals surface area (Å²) in [6, 6.07) is 0. The lowest BCUT2D eigenvalue weighted by molar-refractivity contribution is 0.484. The molecule has 0 spiro atoms. The first-order valence-electron chi connectivity index (χ1n) is 4.00. The molecule has 0 saturated heterocycles. The molecule has 0 aromatic carbocycles. The molecule has 5 heteroatoms. The zero-order valence-electron chi connectivity index (χ0n) is 7.51. The van der Waals surface area contributed by atoms with Gasteiger partial charge in [0.1, 0.15) is 0 Å². The van der Waals surface area contributed by atoms with E-state index < -0.39 is 10.0 Å². The van der Waals surface area contributed by atoms with Gasteiger partial charge in [-0.05, 0) is 12.3 Å². The minimum atomic E-state index is -3.01. The third kappa shape index (κ3) is 7.06. The maximum absolute atomic E-state index is 10.7. The molecule has 0 bridgehead atoms. The third-order valence-electron chi connectivity index (χ3n) is 1.73. The molecule has 12 heavy (non-hydrogen) atoms. The maximum atomic E-state index is 10.7. The first-order valence-corrected chi connectivity index (χ1v) is 7.01. The van der Waals surface area contributed by atoms with E-state index >= 15 is 0 Å². The van der Waals surface area contributed by atoms with E-state index in [2.05, 4.69) is 27.6 Å². The predicted octanol–water partition coefficient (Wildman–Crippen LogP) is 1.35. The second-order valence-corrected chi connectivity index (χ2v) is 5.50. The first kappa shape index (κ1) is 12.4. The summed E-state index contributed by atoms with van der Waals surface area (Å²) >= 11 is 3.33. The van der Waals surface area contributed by atoms with Crippen LogP contribution in [0.3, 0.4) is 0 Å². The molecule has 1 unspecified atom stereocenters. The van der Waals surface area contributed by atoms with Gasteiger partial charge in [-0.2, -0.15) is 0 Å². The average molecular weight is 258 g/mol. The van der Waals surface area contributed by atoms with Gasteiger partial charge in [0.2, 0.25) is 10.0 Å². The number of nitrogens with one attached hydrogen (secondary N) is 1. The van der Waals surface area contributed by atoms with Gasteiger partial charge in [-0.1, -0.05) is 29.3 Å². The second kappa shape index (κ2) is 5.94. The van der Waals surface area contributed by atoms with Crippen LogP contribution in [0, 0.1) is 5.92 Å². The van der Waals surface area contributed by atoms with Crippen molar-refractivity contribution in [2.75, 3.05) is 18.1 Å². The fraction of sp³-hybridized carbons (Fsp3) is 1.00. The summed E-state index contributed by atoms with van der Waals surface area (Å²) in [6.07, 6.45) is 3.21. The molecule has 0 saturated carbocycles. The largest absolute Gasteiger partial charge is 0.215 e. The molecule has 0 aromatic heterocycles. The van der Waals surface area contributed by atoms with Crippen LogP contribution < -0.4 is 4.72 Å². The molecule has 0 radical (unpaired) electrons. The van der Waals surface area contributed by atoms with Crippen molar-refractivity contribution in [3.8, 4) is 0 Å². The molecule has 1 atom stereocenters. The Kier molecular flexibility index (Phi) is 6.13. The zero-order valence-corrected chi connectivity index (χ0v) is 9.91. The normalized spacial score (nSPS) is 14.6. The average Bonchev–Trinajstić information content (AvgIpc) is 1.96. The fourth-order valence-corrected chi connectivity index (χ4v) is 2.06. The number of hydrogen-bond acceptors (Lipinski definition) is 2. The summed E-state index contributed by atoms with van der Waals surface area (Å²) in [5.41, 5.74) is 0. The van der Waals surface area contributed by atoms with E-state index in [1.165, 1.54) is 6.26 Å². The van der Waals surface area contributed by atoms with Crippen LogP contribution in [-0.4, -0.2) is 26.5 Å². The van der Waals surface area contributed by atoms with Crippen LogP contribution in [0.15, 0.2) is 0 Å². The lowest BCUT2D eigenvalue weighted by Crippen LogP contribution is -2.28. The highest BCUT2D eigenvalue weighted by Crippen LogP contribution is 2.08. The van der Waals surface area contributed by atoms with Crippen LogP contribution in [-0.2, 0) is 10.0 Å². The van der Waals surface area contributed by atoms with Gasteiger partial charge in [-0.3, -0.25) is 0 Å². The quantitative estimate of drug-likeness (QED) is 0.731. The minimum Gasteiger partial charge on any atom is -0.215 e. The topological polar surface area (TPSA) is 46.2 Å². The molecular weight excluding hydrogens is 242 g/mol. The van der Waals surface area contributed by atoms with Gasteiger partial charge in [0.25, 0.3) is 0 Å². The van der Waals surface area contributed by atoms with E-state index in [1.54, 1.807) is 0 Å². The number of halogens is 1. The summed E-state index contributed by atoms with van der Waals surface area (Å²) in [6.45, 7) is 2.62. The zero-order chi connectivity index (χ0) is 9.61. The Morgan fingerprint density at radius 1 is 1.50 bits per heavy atom. The summed E-state index contributed by atoms with van der Waals surface area (Å²) in [4.78, 5) is 0. The van der Waals surface area contributed by atoms with Crippen molar-refractivity contribution in [3.05, 3.63) is 0 Å². The Bertz CT molecular complexity index is 203. The molecule has 1 N–H and O–H groups in total. The van der Waals surface area contributed by atoms with E-state index in [4.69, 9.17) is 0 Å². The summed E-state index contributed by atoms with van der Waals surface area (Å²) in [7, 11) is -3.01. The fourth-order valence-electron chi connectivity index (χ4n) is 0.874. The van der Waals surface area contributed by atoms with E-state index in [1.807, 2.05) is 0 Å². The van der Waals surface area contributed by atoms with Crippen LogP contribution >= 0.6 is 15.9 Å². The Balaban J connectivity index is 3.73. The van der Waals surface area contributed by atoms with Gasteiger partial charge in [0, 0.05) is 11.9 Å². The van der Waals surface area contributed by atoms with Gasteiger partial charge >= 0.3 is 0 Å². The van der Waals surface area contributed by atoms with Crippen molar-refractivity contribution >= 4 is 26.0 Å². The lowest BCUT2D eigenvalue weighted by Gasteiger charge is -2.12. The number of sulfonamides is 1. The minimum absolute atomic E-state index is 0.444. The standard InChI is InChI=1S/C7H16BrNO2S/c1-3-7(4-5-8)6-9-12(2,10)11/h7,9H,3-6H2,1-2H3. The predicted molar refractivity (Wildman–Crippen MR) is 55.0 cm³/mol. The smallest absolute Gasteiger partial charge is 0.208 e. The number of alkyl halides is 1. The van der Waals surface area contributed by atoms with E-state index in [0.29, 0.717) is 12.5 Å². The third-order valence-corrected chi connectivity index (χ3v) is 2.88. The molecule has 0 aliphatic rings. The van der Waals surface area contributed by atoms with Crippen LogP contribution in [0.4, 0.5) is 0 Å². The summed E-state index contributed by atoms with van der Waals surface area (Å²) in [5.74, 6) is 0.444. The van der Waals surface area contributed by atoms with Crippen molar-refractivity contribution in [2.24, 2.45) is 5.92 Å². The molecule has 0 rings (SSSR count). The Morgan fingerprint density at radius 3 is 2.42 bits per heavy atom. The summed E-state index contributed by atoms with van der Waals surface area (Å²) < 4.78 is 24.0. The molecule has 0 aliphatic heterocycles. The van der Waals surface area contributed by atoms with Crippen LogP contribution in [0.2, 0.25) is 0 Å². The van der Waals surface area contributed by atoms with Crippen LogP contribution in [0.25, 0.3) is 0 Å². The SMILES string of the molecule is CCC(CCBr)CNS(C)(=O)=O. The molecular formula is C7H16BrNO2S. The molecule has 74 valence electrons. The Labute approximate surface area is 83.1 Å². The van der Waals surface area contributed by atoms with Gasteiger partial charge in [-0.25, -0.2) is 13.1 Å². The highest BCUT2D eigenvalue weighted by molar-refractivity contribution is 9.09.